The molecule has 1 amide bonds. The maximum absolute atomic E-state index is 14.1. The second-order valence-electron chi connectivity index (χ2n) is 13.0. The number of carbonyl (C=O) groups is 2. The van der Waals surface area contributed by atoms with Gasteiger partial charge in [-0.3, -0.25) is 9.69 Å². The van der Waals surface area contributed by atoms with Gasteiger partial charge >= 0.3 is 5.97 Å². The summed E-state index contributed by atoms with van der Waals surface area (Å²) in [5, 5.41) is 26.9. The van der Waals surface area contributed by atoms with Crippen molar-refractivity contribution >= 4 is 23.2 Å². The van der Waals surface area contributed by atoms with E-state index in [-0.39, 0.29) is 19.1 Å². The van der Waals surface area contributed by atoms with E-state index in [0.717, 1.165) is 48.4 Å². The fourth-order valence-corrected chi connectivity index (χ4v) is 7.97. The summed E-state index contributed by atoms with van der Waals surface area (Å²) in [6.07, 6.45) is 4.11. The number of rotatable bonds is 11. The maximum Gasteiger partial charge on any atom is 0.339 e. The zero-order valence-electron chi connectivity index (χ0n) is 25.6. The summed E-state index contributed by atoms with van der Waals surface area (Å²) in [6, 6.07) is 7.85. The number of nitrogens with zero attached hydrogens (tertiary/aromatic N) is 1. The highest BCUT2D eigenvalue weighted by molar-refractivity contribution is 7.09. The normalized spacial score (nSPS) is 25.2. The van der Waals surface area contributed by atoms with E-state index in [2.05, 4.69) is 16.3 Å². The summed E-state index contributed by atoms with van der Waals surface area (Å²) >= 11 is 1.51. The molecule has 0 saturated carbocycles. The monoisotopic (exact) mass is 626 g/mol. The quantitative estimate of drug-likeness (QED) is 0.320. The zero-order valence-corrected chi connectivity index (χ0v) is 26.4. The lowest BCUT2D eigenvalue weighted by Gasteiger charge is -2.39. The number of aliphatic hydroxyl groups is 2. The number of methoxy groups -OCH3 is 1. The van der Waals surface area contributed by atoms with Gasteiger partial charge in [0.25, 0.3) is 0 Å². The van der Waals surface area contributed by atoms with Crippen LogP contribution in [0.3, 0.4) is 0 Å². The van der Waals surface area contributed by atoms with Crippen LogP contribution in [0.2, 0.25) is 0 Å². The van der Waals surface area contributed by atoms with Gasteiger partial charge in [0.15, 0.2) is 23.2 Å². The van der Waals surface area contributed by atoms with Gasteiger partial charge in [-0.2, -0.15) is 0 Å². The van der Waals surface area contributed by atoms with Crippen LogP contribution in [-0.2, 0) is 32.0 Å². The Bertz CT molecular complexity index is 1420. The Morgan fingerprint density at radius 3 is 2.70 bits per heavy atom. The number of carbonyl (C=O) groups excluding carboxylic acids is 2. The SMILES string of the molecule is COC1=C[C@]23CCCN2CCc2cc4c(cc2[C@@H]3[C@@H]1OC(=O)[C@@](O)(CCCC(C)(C)O)CC(=O)NCc1cccs1)OCO4. The van der Waals surface area contributed by atoms with E-state index in [1.165, 1.54) is 11.3 Å². The summed E-state index contributed by atoms with van der Waals surface area (Å²) < 4.78 is 23.6. The fraction of sp³-hybridized carbons (Fsp3) is 0.576. The molecule has 0 bridgehead atoms. The molecule has 1 spiro atoms. The Kier molecular flexibility index (Phi) is 8.42. The minimum absolute atomic E-state index is 0.0434. The minimum Gasteiger partial charge on any atom is -0.497 e. The number of fused-ring (bicyclic) bond motifs is 3. The summed E-state index contributed by atoms with van der Waals surface area (Å²) in [5.74, 6) is 0.264. The zero-order chi connectivity index (χ0) is 31.1. The van der Waals surface area contributed by atoms with Crippen molar-refractivity contribution in [3.63, 3.8) is 0 Å². The first-order valence-corrected chi connectivity index (χ1v) is 16.3. The lowest BCUT2D eigenvalue weighted by molar-refractivity contribution is -0.176. The van der Waals surface area contributed by atoms with Crippen LogP contribution in [0.15, 0.2) is 41.5 Å². The summed E-state index contributed by atoms with van der Waals surface area (Å²) in [4.78, 5) is 30.6. The van der Waals surface area contributed by atoms with Gasteiger partial charge < -0.3 is 34.5 Å². The Hall–Kier alpha value is -3.12. The van der Waals surface area contributed by atoms with Crippen LogP contribution in [0.1, 0.15) is 74.3 Å². The van der Waals surface area contributed by atoms with Gasteiger partial charge in [-0.15, -0.1) is 11.3 Å². The number of hydrogen-bond donors (Lipinski definition) is 3. The average Bonchev–Trinajstić information content (AvgIpc) is 3.77. The maximum atomic E-state index is 14.1. The van der Waals surface area contributed by atoms with E-state index in [1.54, 1.807) is 21.0 Å². The van der Waals surface area contributed by atoms with E-state index in [4.69, 9.17) is 18.9 Å². The van der Waals surface area contributed by atoms with Crippen LogP contribution in [-0.4, -0.2) is 76.8 Å². The van der Waals surface area contributed by atoms with Crippen LogP contribution < -0.4 is 14.8 Å². The molecule has 1 fully saturated rings. The standard InChI is InChI=1S/C33H42N2O8S/c1-31(2,38)9-5-11-33(39,18-27(36)34-19-22-7-4-14-44-22)30(37)43-29-26(40-3)17-32-10-6-12-35(32)13-8-21-15-24-25(42-20-41-24)16-23(21)28(29)32/h4,7,14-17,28-29,38-39H,5-6,8-13,18-20H2,1-3H3,(H,34,36)/t28-,29-,32+,33-/m1/s1. The molecule has 1 aromatic heterocycles. The molecule has 1 aromatic carbocycles. The van der Waals surface area contributed by atoms with Crippen molar-refractivity contribution in [2.45, 2.75) is 94.1 Å². The summed E-state index contributed by atoms with van der Waals surface area (Å²) in [6.45, 7) is 5.56. The molecule has 4 atom stereocenters. The molecule has 238 valence electrons. The molecular weight excluding hydrogens is 584 g/mol. The number of nitrogens with one attached hydrogen (secondary N) is 1. The summed E-state index contributed by atoms with van der Waals surface area (Å²) in [5.41, 5.74) is -1.39. The fourth-order valence-electron chi connectivity index (χ4n) is 7.32. The van der Waals surface area contributed by atoms with Crippen LogP contribution in [0.25, 0.3) is 0 Å². The van der Waals surface area contributed by atoms with E-state index >= 15 is 0 Å². The molecular formula is C33H42N2O8S. The smallest absolute Gasteiger partial charge is 0.339 e. The van der Waals surface area contributed by atoms with Crippen LogP contribution >= 0.6 is 11.3 Å². The first-order chi connectivity index (χ1) is 21.0. The molecule has 1 saturated heterocycles. The van der Waals surface area contributed by atoms with Crippen molar-refractivity contribution in [3.8, 4) is 11.5 Å². The van der Waals surface area contributed by atoms with Crippen molar-refractivity contribution in [2.24, 2.45) is 0 Å². The Morgan fingerprint density at radius 2 is 1.98 bits per heavy atom. The minimum atomic E-state index is -2.10. The number of ether oxygens (including phenoxy) is 4. The molecule has 0 radical (unpaired) electrons. The third kappa shape index (κ3) is 5.94. The molecule has 1 aliphatic carbocycles. The molecule has 2 aromatic rings. The predicted octanol–water partition coefficient (Wildman–Crippen LogP) is 3.79. The third-order valence-corrected chi connectivity index (χ3v) is 10.3. The second-order valence-corrected chi connectivity index (χ2v) is 14.1. The topological polar surface area (TPSA) is 127 Å². The number of hydrogen-bond acceptors (Lipinski definition) is 10. The van der Waals surface area contributed by atoms with Gasteiger partial charge in [-0.05, 0) is 99.7 Å². The van der Waals surface area contributed by atoms with Gasteiger partial charge in [0, 0.05) is 11.4 Å². The molecule has 3 aliphatic heterocycles. The van der Waals surface area contributed by atoms with E-state index in [1.807, 2.05) is 29.6 Å². The Balaban J connectivity index is 1.30. The van der Waals surface area contributed by atoms with Gasteiger partial charge in [0.05, 0.1) is 37.1 Å². The molecule has 44 heavy (non-hydrogen) atoms. The lowest BCUT2D eigenvalue weighted by Crippen LogP contribution is -2.50. The number of thiophene rings is 1. The molecule has 4 aliphatic rings. The highest BCUT2D eigenvalue weighted by Crippen LogP contribution is 2.55. The Morgan fingerprint density at radius 1 is 1.18 bits per heavy atom. The third-order valence-electron chi connectivity index (χ3n) is 9.45. The van der Waals surface area contributed by atoms with Gasteiger partial charge in [-0.1, -0.05) is 6.07 Å². The van der Waals surface area contributed by atoms with Crippen molar-refractivity contribution in [3.05, 3.63) is 57.5 Å². The van der Waals surface area contributed by atoms with Crippen molar-refractivity contribution in [2.75, 3.05) is 27.0 Å². The van der Waals surface area contributed by atoms with E-state index in [9.17, 15) is 19.8 Å². The number of benzene rings is 1. The average molecular weight is 627 g/mol. The van der Waals surface area contributed by atoms with Crippen molar-refractivity contribution < 1.29 is 38.7 Å². The highest BCUT2D eigenvalue weighted by Gasteiger charge is 2.59. The highest BCUT2D eigenvalue weighted by atomic mass is 32.1. The number of amides is 1. The van der Waals surface area contributed by atoms with E-state index < -0.39 is 41.1 Å². The molecule has 10 nitrogen and oxygen atoms in total. The largest absolute Gasteiger partial charge is 0.497 e. The van der Waals surface area contributed by atoms with Crippen LogP contribution in [0.4, 0.5) is 0 Å². The molecule has 4 heterocycles. The van der Waals surface area contributed by atoms with Gasteiger partial charge in [-0.25, -0.2) is 4.79 Å². The predicted molar refractivity (Wildman–Crippen MR) is 163 cm³/mol. The Labute approximate surface area is 261 Å². The molecule has 6 rings (SSSR count). The second kappa shape index (κ2) is 12.0. The molecule has 11 heteroatoms. The van der Waals surface area contributed by atoms with Crippen LogP contribution in [0.5, 0.6) is 11.5 Å². The first kappa shape index (κ1) is 30.9. The van der Waals surface area contributed by atoms with Gasteiger partial charge in [0.2, 0.25) is 12.7 Å². The van der Waals surface area contributed by atoms with E-state index in [0.29, 0.717) is 36.6 Å². The first-order valence-electron chi connectivity index (χ1n) is 15.4. The molecule has 0 unspecified atom stereocenters. The van der Waals surface area contributed by atoms with Crippen molar-refractivity contribution in [1.29, 1.82) is 0 Å². The number of esters is 1. The van der Waals surface area contributed by atoms with Gasteiger partial charge in [0.1, 0.15) is 5.76 Å². The van der Waals surface area contributed by atoms with Crippen LogP contribution in [0, 0.1) is 0 Å². The summed E-state index contributed by atoms with van der Waals surface area (Å²) in [7, 11) is 1.57. The lowest BCUT2D eigenvalue weighted by atomic mass is 9.77. The molecule has 3 N–H and O–H groups in total. The van der Waals surface area contributed by atoms with Crippen molar-refractivity contribution in [1.82, 2.24) is 10.2 Å².